The second-order valence-electron chi connectivity index (χ2n) is 9.77. The smallest absolute Gasteiger partial charge is 0.270 e. The maximum Gasteiger partial charge on any atom is 0.270 e. The highest BCUT2D eigenvalue weighted by atomic mass is 35.5. The van der Waals surface area contributed by atoms with Gasteiger partial charge in [-0.15, -0.1) is 0 Å². The van der Waals surface area contributed by atoms with E-state index in [1.807, 2.05) is 97.9 Å². The third-order valence-electron chi connectivity index (χ3n) is 7.02. The van der Waals surface area contributed by atoms with Gasteiger partial charge in [0.1, 0.15) is 11.3 Å². The summed E-state index contributed by atoms with van der Waals surface area (Å²) in [7, 11) is 0. The van der Waals surface area contributed by atoms with Crippen molar-refractivity contribution in [2.75, 3.05) is 11.5 Å². The summed E-state index contributed by atoms with van der Waals surface area (Å²) in [5.41, 5.74) is 5.60. The molecule has 8 heteroatoms. The third kappa shape index (κ3) is 5.60. The number of nitrogens with one attached hydrogen (secondary N) is 1. The number of halogens is 1. The molecule has 1 aliphatic heterocycles. The van der Waals surface area contributed by atoms with Crippen LogP contribution >= 0.6 is 23.8 Å². The molecule has 1 N–H and O–H groups in total. The Kier molecular flexibility index (Phi) is 7.92. The molecule has 0 atom stereocenters. The molecular weight excluding hydrogens is 578 g/mol. The van der Waals surface area contributed by atoms with Crippen LogP contribution in [0.15, 0.2) is 121 Å². The molecule has 1 aromatic heterocycles. The first-order valence-corrected chi connectivity index (χ1v) is 14.5. The number of aromatic nitrogens is 1. The van der Waals surface area contributed by atoms with Crippen LogP contribution in [0.2, 0.25) is 5.02 Å². The molecule has 4 aromatic carbocycles. The lowest BCUT2D eigenvalue weighted by molar-refractivity contribution is -0.122. The van der Waals surface area contributed by atoms with E-state index in [1.165, 1.54) is 4.90 Å². The Morgan fingerprint density at radius 1 is 0.814 bits per heavy atom. The molecule has 6 rings (SSSR count). The SMILES string of the molecule is CCOc1ccc(-n2c(-c3ccccc3)cc(/C=C3\C(=O)NC(=S)N(c4cccc(Cl)c4)C3=O)c2-c2ccccc2)cc1. The summed E-state index contributed by atoms with van der Waals surface area (Å²) in [5, 5.41) is 3.12. The second-order valence-corrected chi connectivity index (χ2v) is 10.6. The fourth-order valence-corrected chi connectivity index (χ4v) is 5.61. The first-order valence-electron chi connectivity index (χ1n) is 13.7. The molecule has 1 fully saturated rings. The van der Waals surface area contributed by atoms with Gasteiger partial charge in [-0.1, -0.05) is 78.3 Å². The Hall–Kier alpha value is -4.98. The van der Waals surface area contributed by atoms with E-state index in [2.05, 4.69) is 9.88 Å². The maximum atomic E-state index is 13.9. The Morgan fingerprint density at radius 2 is 1.49 bits per heavy atom. The van der Waals surface area contributed by atoms with Gasteiger partial charge in [0.15, 0.2) is 5.11 Å². The number of anilines is 1. The molecule has 1 aliphatic rings. The summed E-state index contributed by atoms with van der Waals surface area (Å²) >= 11 is 11.6. The number of amides is 2. The van der Waals surface area contributed by atoms with E-state index < -0.39 is 11.8 Å². The van der Waals surface area contributed by atoms with Gasteiger partial charge in [-0.2, -0.15) is 0 Å². The third-order valence-corrected chi connectivity index (χ3v) is 7.54. The van der Waals surface area contributed by atoms with Crippen molar-refractivity contribution in [1.29, 1.82) is 0 Å². The lowest BCUT2D eigenvalue weighted by Gasteiger charge is -2.29. The van der Waals surface area contributed by atoms with Crippen molar-refractivity contribution in [3.8, 4) is 34.0 Å². The highest BCUT2D eigenvalue weighted by molar-refractivity contribution is 7.80. The van der Waals surface area contributed by atoms with Crippen molar-refractivity contribution < 1.29 is 14.3 Å². The van der Waals surface area contributed by atoms with Crippen LogP contribution in [-0.4, -0.2) is 28.1 Å². The average molecular weight is 604 g/mol. The number of hydrogen-bond donors (Lipinski definition) is 1. The van der Waals surface area contributed by atoms with Crippen LogP contribution < -0.4 is 15.0 Å². The molecular formula is C35H26ClN3O3S. The number of nitrogens with zero attached hydrogens (tertiary/aromatic N) is 2. The molecule has 5 aromatic rings. The van der Waals surface area contributed by atoms with Crippen LogP contribution in [0, 0.1) is 0 Å². The minimum Gasteiger partial charge on any atom is -0.494 e. The second kappa shape index (κ2) is 12.1. The van der Waals surface area contributed by atoms with Gasteiger partial charge in [-0.25, -0.2) is 0 Å². The molecule has 212 valence electrons. The van der Waals surface area contributed by atoms with Gasteiger partial charge in [0.25, 0.3) is 11.8 Å². The number of ether oxygens (including phenoxy) is 1. The molecule has 0 spiro atoms. The molecule has 2 amide bonds. The minimum absolute atomic E-state index is 0.00497. The van der Waals surface area contributed by atoms with E-state index in [9.17, 15) is 9.59 Å². The number of carbonyl (C=O) groups excluding carboxylic acids is 2. The van der Waals surface area contributed by atoms with E-state index >= 15 is 0 Å². The fraction of sp³-hybridized carbons (Fsp3) is 0.0571. The normalized spacial score (nSPS) is 14.2. The topological polar surface area (TPSA) is 63.6 Å². The van der Waals surface area contributed by atoms with E-state index in [4.69, 9.17) is 28.6 Å². The van der Waals surface area contributed by atoms with Gasteiger partial charge in [-0.05, 0) is 84.9 Å². The predicted octanol–water partition coefficient (Wildman–Crippen LogP) is 7.69. The van der Waals surface area contributed by atoms with E-state index in [0.717, 1.165) is 34.0 Å². The summed E-state index contributed by atoms with van der Waals surface area (Å²) in [4.78, 5) is 28.5. The van der Waals surface area contributed by atoms with Gasteiger partial charge < -0.3 is 9.30 Å². The average Bonchev–Trinajstić information content (AvgIpc) is 3.40. The van der Waals surface area contributed by atoms with Crippen molar-refractivity contribution in [2.24, 2.45) is 0 Å². The van der Waals surface area contributed by atoms with Gasteiger partial charge in [0, 0.05) is 16.3 Å². The summed E-state index contributed by atoms with van der Waals surface area (Å²) in [6.07, 6.45) is 1.64. The van der Waals surface area contributed by atoms with Crippen LogP contribution in [0.3, 0.4) is 0 Å². The van der Waals surface area contributed by atoms with Crippen molar-refractivity contribution in [3.05, 3.63) is 131 Å². The highest BCUT2D eigenvalue weighted by Crippen LogP contribution is 2.38. The zero-order valence-electron chi connectivity index (χ0n) is 23.2. The molecule has 6 nitrogen and oxygen atoms in total. The number of hydrogen-bond acceptors (Lipinski definition) is 4. The van der Waals surface area contributed by atoms with Crippen LogP contribution in [0.25, 0.3) is 34.3 Å². The predicted molar refractivity (Wildman–Crippen MR) is 175 cm³/mol. The zero-order valence-corrected chi connectivity index (χ0v) is 24.7. The van der Waals surface area contributed by atoms with Crippen LogP contribution in [0.4, 0.5) is 5.69 Å². The minimum atomic E-state index is -0.567. The maximum absolute atomic E-state index is 13.9. The van der Waals surface area contributed by atoms with Gasteiger partial charge >= 0.3 is 0 Å². The molecule has 0 radical (unpaired) electrons. The van der Waals surface area contributed by atoms with Gasteiger partial charge in [0.2, 0.25) is 0 Å². The van der Waals surface area contributed by atoms with Gasteiger partial charge in [-0.3, -0.25) is 19.8 Å². The lowest BCUT2D eigenvalue weighted by atomic mass is 10.0. The van der Waals surface area contributed by atoms with Crippen molar-refractivity contribution in [1.82, 2.24) is 9.88 Å². The standard InChI is InChI=1S/C35H26ClN3O3S/c1-2-42-29-18-16-27(17-19-29)38-31(23-10-5-3-6-11-23)21-25(32(38)24-12-7-4-8-13-24)20-30-33(40)37-35(43)39(34(30)41)28-15-9-14-26(36)22-28/h3-22H,2H2,1H3,(H,37,40,43)/b30-20+. The molecule has 0 unspecified atom stereocenters. The molecule has 0 aliphatic carbocycles. The Labute approximate surface area is 259 Å². The summed E-state index contributed by atoms with van der Waals surface area (Å²) in [5.74, 6) is -0.336. The quantitative estimate of drug-likeness (QED) is 0.118. The van der Waals surface area contributed by atoms with E-state index in [1.54, 1.807) is 30.3 Å². The summed E-state index contributed by atoms with van der Waals surface area (Å²) in [6.45, 7) is 2.51. The largest absolute Gasteiger partial charge is 0.494 e. The Balaban J connectivity index is 1.58. The Bertz CT molecular complexity index is 1870. The lowest BCUT2D eigenvalue weighted by Crippen LogP contribution is -2.54. The number of rotatable bonds is 7. The number of carbonyl (C=O) groups is 2. The zero-order chi connectivity index (χ0) is 29.9. The first-order chi connectivity index (χ1) is 20.9. The van der Waals surface area contributed by atoms with Crippen molar-refractivity contribution in [2.45, 2.75) is 6.92 Å². The summed E-state index contributed by atoms with van der Waals surface area (Å²) in [6, 6.07) is 36.5. The van der Waals surface area contributed by atoms with E-state index in [0.29, 0.717) is 22.9 Å². The monoisotopic (exact) mass is 603 g/mol. The number of benzene rings is 4. The van der Waals surface area contributed by atoms with Crippen molar-refractivity contribution >= 4 is 52.5 Å². The molecule has 0 saturated carbocycles. The van der Waals surface area contributed by atoms with Crippen LogP contribution in [-0.2, 0) is 9.59 Å². The summed E-state index contributed by atoms with van der Waals surface area (Å²) < 4.78 is 7.83. The van der Waals surface area contributed by atoms with Crippen molar-refractivity contribution in [3.63, 3.8) is 0 Å². The first kappa shape index (κ1) is 28.2. The Morgan fingerprint density at radius 3 is 2.14 bits per heavy atom. The molecule has 2 heterocycles. The van der Waals surface area contributed by atoms with Gasteiger partial charge in [0.05, 0.1) is 23.7 Å². The van der Waals surface area contributed by atoms with E-state index in [-0.39, 0.29) is 10.7 Å². The fourth-order valence-electron chi connectivity index (χ4n) is 5.14. The van der Waals surface area contributed by atoms with Crippen LogP contribution in [0.1, 0.15) is 12.5 Å². The molecule has 1 saturated heterocycles. The molecule has 43 heavy (non-hydrogen) atoms. The molecule has 0 bridgehead atoms. The number of thiocarbonyl (C=S) groups is 1. The highest BCUT2D eigenvalue weighted by Gasteiger charge is 2.35. The van der Waals surface area contributed by atoms with Crippen LogP contribution in [0.5, 0.6) is 5.75 Å².